The lowest BCUT2D eigenvalue weighted by molar-refractivity contribution is 0.475. The second kappa shape index (κ2) is 4.40. The Bertz CT molecular complexity index is 549. The van der Waals surface area contributed by atoms with Gasteiger partial charge in [-0.2, -0.15) is 0 Å². The van der Waals surface area contributed by atoms with Crippen LogP contribution >= 0.6 is 11.8 Å². The summed E-state index contributed by atoms with van der Waals surface area (Å²) >= 11 is 1.28. The molecule has 1 heterocycles. The highest BCUT2D eigenvalue weighted by Crippen LogP contribution is 2.24. The van der Waals surface area contributed by atoms with Crippen LogP contribution in [0.4, 0.5) is 0 Å². The van der Waals surface area contributed by atoms with Gasteiger partial charge in [-0.25, -0.2) is 4.98 Å². The van der Waals surface area contributed by atoms with Crippen molar-refractivity contribution in [3.63, 3.8) is 0 Å². The molecule has 4 nitrogen and oxygen atoms in total. The van der Waals surface area contributed by atoms with Crippen molar-refractivity contribution in [3.8, 4) is 5.75 Å². The average molecular weight is 234 g/mol. The highest BCUT2D eigenvalue weighted by atomic mass is 32.2. The van der Waals surface area contributed by atoms with Crippen LogP contribution in [0.25, 0.3) is 0 Å². The van der Waals surface area contributed by atoms with Crippen LogP contribution in [0.3, 0.4) is 0 Å². The zero-order chi connectivity index (χ0) is 11.5. The summed E-state index contributed by atoms with van der Waals surface area (Å²) in [5.41, 5.74) is -0.124. The van der Waals surface area contributed by atoms with Crippen molar-refractivity contribution >= 4 is 11.8 Å². The molecular formula is C11H10N2O2S. The lowest BCUT2D eigenvalue weighted by Gasteiger charge is -2.02. The Labute approximate surface area is 96.6 Å². The molecule has 82 valence electrons. The number of aromatic nitrogens is 2. The average Bonchev–Trinajstić information content (AvgIpc) is 2.28. The first-order valence-electron chi connectivity index (χ1n) is 4.65. The molecule has 0 spiro atoms. The minimum atomic E-state index is -0.124. The molecule has 1 aromatic carbocycles. The number of rotatable bonds is 2. The van der Waals surface area contributed by atoms with E-state index in [1.807, 2.05) is 0 Å². The molecule has 2 aromatic rings. The fraction of sp³-hybridized carbons (Fsp3) is 0.0909. The Morgan fingerprint density at radius 2 is 2.00 bits per heavy atom. The Morgan fingerprint density at radius 3 is 2.69 bits per heavy atom. The molecule has 0 saturated heterocycles. The molecule has 0 unspecified atom stereocenters. The molecule has 0 aliphatic rings. The summed E-state index contributed by atoms with van der Waals surface area (Å²) < 4.78 is 1.48. The summed E-state index contributed by atoms with van der Waals surface area (Å²) in [5, 5.41) is 9.56. The van der Waals surface area contributed by atoms with E-state index in [0.717, 1.165) is 4.90 Å². The van der Waals surface area contributed by atoms with E-state index in [-0.39, 0.29) is 11.3 Å². The first kappa shape index (κ1) is 10.8. The Kier molecular flexibility index (Phi) is 2.96. The number of hydrogen-bond donors (Lipinski definition) is 1. The number of phenolic OH excluding ortho intramolecular Hbond substituents is 1. The smallest absolute Gasteiger partial charge is 0.283 e. The summed E-state index contributed by atoms with van der Waals surface area (Å²) in [4.78, 5) is 16.6. The van der Waals surface area contributed by atoms with Gasteiger partial charge >= 0.3 is 0 Å². The van der Waals surface area contributed by atoms with E-state index >= 15 is 0 Å². The second-order valence-electron chi connectivity index (χ2n) is 3.24. The zero-order valence-electron chi connectivity index (χ0n) is 8.62. The van der Waals surface area contributed by atoms with E-state index in [2.05, 4.69) is 4.98 Å². The van der Waals surface area contributed by atoms with Crippen LogP contribution in [-0.2, 0) is 7.05 Å². The van der Waals surface area contributed by atoms with E-state index < -0.39 is 0 Å². The van der Waals surface area contributed by atoms with E-state index in [4.69, 9.17) is 5.11 Å². The van der Waals surface area contributed by atoms with Crippen molar-refractivity contribution in [2.45, 2.75) is 9.92 Å². The van der Waals surface area contributed by atoms with E-state index in [1.54, 1.807) is 43.7 Å². The summed E-state index contributed by atoms with van der Waals surface area (Å²) in [6, 6.07) is 6.65. The Hall–Kier alpha value is -1.75. The maximum absolute atomic E-state index is 11.7. The molecule has 5 heteroatoms. The lowest BCUT2D eigenvalue weighted by atomic mass is 10.3. The van der Waals surface area contributed by atoms with E-state index in [1.165, 1.54) is 16.3 Å². The maximum Gasteiger partial charge on any atom is 0.283 e. The van der Waals surface area contributed by atoms with Crippen molar-refractivity contribution in [1.29, 1.82) is 0 Å². The topological polar surface area (TPSA) is 55.1 Å². The molecule has 0 radical (unpaired) electrons. The second-order valence-corrected chi connectivity index (χ2v) is 4.31. The normalized spacial score (nSPS) is 10.3. The molecule has 1 aromatic heterocycles. The van der Waals surface area contributed by atoms with Crippen LogP contribution in [0.5, 0.6) is 5.75 Å². The third-order valence-electron chi connectivity index (χ3n) is 2.04. The summed E-state index contributed by atoms with van der Waals surface area (Å²) in [7, 11) is 1.69. The molecule has 0 aliphatic heterocycles. The van der Waals surface area contributed by atoms with E-state index in [0.29, 0.717) is 5.03 Å². The van der Waals surface area contributed by atoms with Gasteiger partial charge < -0.3 is 9.67 Å². The minimum Gasteiger partial charge on any atom is -0.508 e. The molecular weight excluding hydrogens is 224 g/mol. The van der Waals surface area contributed by atoms with Crippen LogP contribution < -0.4 is 5.56 Å². The number of benzene rings is 1. The predicted octanol–water partition coefficient (Wildman–Crippen LogP) is 1.64. The van der Waals surface area contributed by atoms with Crippen LogP contribution in [0.2, 0.25) is 0 Å². The zero-order valence-corrected chi connectivity index (χ0v) is 9.44. The first-order chi connectivity index (χ1) is 7.66. The molecule has 1 N–H and O–H groups in total. The molecule has 0 amide bonds. The minimum absolute atomic E-state index is 0.124. The van der Waals surface area contributed by atoms with Gasteiger partial charge in [-0.1, -0.05) is 11.8 Å². The van der Waals surface area contributed by atoms with Crippen molar-refractivity contribution < 1.29 is 5.11 Å². The van der Waals surface area contributed by atoms with Gasteiger partial charge in [0, 0.05) is 24.3 Å². The number of aromatic hydroxyl groups is 1. The van der Waals surface area contributed by atoms with Gasteiger partial charge in [0.2, 0.25) is 0 Å². The van der Waals surface area contributed by atoms with Crippen molar-refractivity contribution in [2.75, 3.05) is 0 Å². The van der Waals surface area contributed by atoms with Crippen LogP contribution in [0, 0.1) is 0 Å². The number of nitrogens with zero attached hydrogens (tertiary/aromatic N) is 2. The number of phenols is 1. The molecule has 0 fully saturated rings. The van der Waals surface area contributed by atoms with Gasteiger partial charge in [0.25, 0.3) is 5.56 Å². The standard InChI is InChI=1S/C11H10N2O2S/c1-13-7-6-12-10(11(13)15)16-9-4-2-8(14)3-5-9/h2-7,14H,1H3. The third kappa shape index (κ3) is 2.25. The predicted molar refractivity (Wildman–Crippen MR) is 61.7 cm³/mol. The molecule has 0 aliphatic carbocycles. The molecule has 16 heavy (non-hydrogen) atoms. The summed E-state index contributed by atoms with van der Waals surface area (Å²) in [6.45, 7) is 0. The summed E-state index contributed by atoms with van der Waals surface area (Å²) in [5.74, 6) is 0.207. The molecule has 0 atom stereocenters. The molecule has 0 bridgehead atoms. The van der Waals surface area contributed by atoms with Crippen molar-refractivity contribution in [1.82, 2.24) is 9.55 Å². The van der Waals surface area contributed by atoms with Crippen LogP contribution in [-0.4, -0.2) is 14.7 Å². The highest BCUT2D eigenvalue weighted by molar-refractivity contribution is 7.99. The number of aryl methyl sites for hydroxylation is 1. The van der Waals surface area contributed by atoms with Gasteiger partial charge in [0.15, 0.2) is 5.03 Å². The van der Waals surface area contributed by atoms with Gasteiger partial charge in [0.1, 0.15) is 5.75 Å². The first-order valence-corrected chi connectivity index (χ1v) is 5.47. The highest BCUT2D eigenvalue weighted by Gasteiger charge is 2.04. The quantitative estimate of drug-likeness (QED) is 0.858. The maximum atomic E-state index is 11.7. The van der Waals surface area contributed by atoms with Gasteiger partial charge in [-0.3, -0.25) is 4.79 Å². The van der Waals surface area contributed by atoms with Crippen LogP contribution in [0.1, 0.15) is 0 Å². The van der Waals surface area contributed by atoms with Gasteiger partial charge in [-0.15, -0.1) is 0 Å². The summed E-state index contributed by atoms with van der Waals surface area (Å²) in [6.07, 6.45) is 3.20. The van der Waals surface area contributed by atoms with Crippen molar-refractivity contribution in [2.24, 2.45) is 7.05 Å². The van der Waals surface area contributed by atoms with Crippen LogP contribution in [0.15, 0.2) is 51.4 Å². The fourth-order valence-electron chi connectivity index (χ4n) is 1.17. The van der Waals surface area contributed by atoms with Gasteiger partial charge in [-0.05, 0) is 24.3 Å². The molecule has 0 saturated carbocycles. The largest absolute Gasteiger partial charge is 0.508 e. The molecule has 2 rings (SSSR count). The van der Waals surface area contributed by atoms with E-state index in [9.17, 15) is 4.79 Å². The Morgan fingerprint density at radius 1 is 1.31 bits per heavy atom. The SMILES string of the molecule is Cn1ccnc(Sc2ccc(O)cc2)c1=O. The third-order valence-corrected chi connectivity index (χ3v) is 3.02. The van der Waals surface area contributed by atoms with Gasteiger partial charge in [0.05, 0.1) is 0 Å². The van der Waals surface area contributed by atoms with Crippen molar-refractivity contribution in [3.05, 3.63) is 47.0 Å². The fourth-order valence-corrected chi connectivity index (χ4v) is 2.01. The monoisotopic (exact) mass is 234 g/mol. The number of hydrogen-bond acceptors (Lipinski definition) is 4. The Balaban J connectivity index is 2.31. The lowest BCUT2D eigenvalue weighted by Crippen LogP contribution is -2.18.